The molecule has 22 heavy (non-hydrogen) atoms. The molecular weight excluding hydrogens is 276 g/mol. The second-order valence-electron chi connectivity index (χ2n) is 5.93. The van der Waals surface area contributed by atoms with Crippen LogP contribution >= 0.6 is 0 Å². The van der Waals surface area contributed by atoms with Gasteiger partial charge < -0.3 is 9.84 Å². The maximum Gasteiger partial charge on any atom is 0.310 e. The summed E-state index contributed by atoms with van der Waals surface area (Å²) in [5.74, 6) is -0.0266. The van der Waals surface area contributed by atoms with Gasteiger partial charge in [0.15, 0.2) is 0 Å². The number of hydrogen-bond acceptors (Lipinski definition) is 3. The molecule has 1 aromatic rings. The lowest BCUT2D eigenvalue weighted by atomic mass is 9.95. The van der Waals surface area contributed by atoms with Crippen LogP contribution in [0.4, 0.5) is 0 Å². The standard InChI is InChI=1S/C19H30O3/c1-4-6-8-10-15-12-16(11-9-7-5-2)19(21)17(13-15)14-18(20)22-3/h12-13,21H,4-11,14H2,1-3H3. The summed E-state index contributed by atoms with van der Waals surface area (Å²) in [5, 5.41) is 10.4. The summed E-state index contributed by atoms with van der Waals surface area (Å²) in [5.41, 5.74) is 2.89. The summed E-state index contributed by atoms with van der Waals surface area (Å²) in [6, 6.07) is 4.08. The number of unbranched alkanes of at least 4 members (excludes halogenated alkanes) is 4. The largest absolute Gasteiger partial charge is 0.507 e. The molecule has 0 amide bonds. The minimum absolute atomic E-state index is 0.144. The van der Waals surface area contributed by atoms with E-state index in [0.29, 0.717) is 5.56 Å². The van der Waals surface area contributed by atoms with Crippen molar-refractivity contribution in [2.45, 2.75) is 71.6 Å². The highest BCUT2D eigenvalue weighted by atomic mass is 16.5. The first-order valence-electron chi connectivity index (χ1n) is 8.52. The van der Waals surface area contributed by atoms with Crippen LogP contribution in [0.3, 0.4) is 0 Å². The number of methoxy groups -OCH3 is 1. The second-order valence-corrected chi connectivity index (χ2v) is 5.93. The molecule has 1 aromatic carbocycles. The summed E-state index contributed by atoms with van der Waals surface area (Å²) in [6.07, 6.45) is 8.95. The van der Waals surface area contributed by atoms with Gasteiger partial charge in [-0.3, -0.25) is 4.79 Å². The van der Waals surface area contributed by atoms with Crippen LogP contribution in [-0.4, -0.2) is 18.2 Å². The average molecular weight is 306 g/mol. The Balaban J connectivity index is 2.93. The SMILES string of the molecule is CCCCCc1cc(CCCCC)c(O)c(CC(=O)OC)c1. The molecule has 3 heteroatoms. The average Bonchev–Trinajstić information content (AvgIpc) is 2.51. The van der Waals surface area contributed by atoms with Gasteiger partial charge in [-0.05, 0) is 36.8 Å². The van der Waals surface area contributed by atoms with Crippen LogP contribution in [0.15, 0.2) is 12.1 Å². The van der Waals surface area contributed by atoms with E-state index in [9.17, 15) is 9.90 Å². The number of phenolic OH excluding ortho intramolecular Hbond substituents is 1. The Hall–Kier alpha value is -1.51. The predicted molar refractivity (Wildman–Crippen MR) is 90.3 cm³/mol. The molecule has 0 bridgehead atoms. The Bertz CT molecular complexity index is 466. The van der Waals surface area contributed by atoms with Crippen LogP contribution in [0.2, 0.25) is 0 Å². The van der Waals surface area contributed by atoms with Crippen molar-refractivity contribution in [1.29, 1.82) is 0 Å². The summed E-state index contributed by atoms with van der Waals surface area (Å²) in [4.78, 5) is 11.5. The van der Waals surface area contributed by atoms with E-state index in [1.54, 1.807) is 0 Å². The first-order valence-corrected chi connectivity index (χ1v) is 8.52. The number of hydrogen-bond donors (Lipinski definition) is 1. The molecule has 0 spiro atoms. The Labute approximate surface area is 134 Å². The van der Waals surface area contributed by atoms with Gasteiger partial charge in [0.2, 0.25) is 0 Å². The lowest BCUT2D eigenvalue weighted by Gasteiger charge is -2.13. The lowest BCUT2D eigenvalue weighted by molar-refractivity contribution is -0.139. The van der Waals surface area contributed by atoms with Gasteiger partial charge in [0, 0.05) is 5.56 Å². The molecule has 0 aliphatic carbocycles. The molecule has 0 aliphatic rings. The quantitative estimate of drug-likeness (QED) is 0.508. The maximum absolute atomic E-state index is 11.5. The number of phenols is 1. The smallest absolute Gasteiger partial charge is 0.310 e. The fraction of sp³-hybridized carbons (Fsp3) is 0.632. The molecule has 0 unspecified atom stereocenters. The number of carbonyl (C=O) groups excluding carboxylic acids is 1. The van der Waals surface area contributed by atoms with E-state index in [1.165, 1.54) is 25.5 Å². The van der Waals surface area contributed by atoms with Gasteiger partial charge in [-0.2, -0.15) is 0 Å². The van der Waals surface area contributed by atoms with Crippen LogP contribution < -0.4 is 0 Å². The minimum Gasteiger partial charge on any atom is -0.507 e. The van der Waals surface area contributed by atoms with Gasteiger partial charge in [0.1, 0.15) is 5.75 Å². The molecule has 0 atom stereocenters. The number of ether oxygens (including phenoxy) is 1. The summed E-state index contributed by atoms with van der Waals surface area (Å²) in [7, 11) is 1.38. The highest BCUT2D eigenvalue weighted by Gasteiger charge is 2.13. The fourth-order valence-corrected chi connectivity index (χ4v) is 2.67. The Morgan fingerprint density at radius 3 is 2.18 bits per heavy atom. The number of esters is 1. The molecule has 0 aromatic heterocycles. The third-order valence-electron chi connectivity index (χ3n) is 4.01. The zero-order valence-electron chi connectivity index (χ0n) is 14.3. The van der Waals surface area contributed by atoms with Crippen molar-refractivity contribution in [3.05, 3.63) is 28.8 Å². The van der Waals surface area contributed by atoms with E-state index in [0.717, 1.165) is 44.1 Å². The number of benzene rings is 1. The second kappa shape index (κ2) is 10.3. The topological polar surface area (TPSA) is 46.5 Å². The number of aromatic hydroxyl groups is 1. The fourth-order valence-electron chi connectivity index (χ4n) is 2.67. The molecule has 0 saturated carbocycles. The van der Waals surface area contributed by atoms with Crippen molar-refractivity contribution >= 4 is 5.97 Å². The van der Waals surface area contributed by atoms with Crippen LogP contribution in [0.25, 0.3) is 0 Å². The van der Waals surface area contributed by atoms with Crippen molar-refractivity contribution in [2.24, 2.45) is 0 Å². The van der Waals surface area contributed by atoms with Crippen LogP contribution in [0, 0.1) is 0 Å². The van der Waals surface area contributed by atoms with Crippen LogP contribution in [-0.2, 0) is 28.8 Å². The van der Waals surface area contributed by atoms with E-state index in [1.807, 2.05) is 6.07 Å². The van der Waals surface area contributed by atoms with Crippen molar-refractivity contribution < 1.29 is 14.6 Å². The molecule has 124 valence electrons. The highest BCUT2D eigenvalue weighted by molar-refractivity contribution is 5.73. The van der Waals surface area contributed by atoms with E-state index < -0.39 is 0 Å². The maximum atomic E-state index is 11.5. The van der Waals surface area contributed by atoms with E-state index in [-0.39, 0.29) is 18.1 Å². The molecule has 3 nitrogen and oxygen atoms in total. The van der Waals surface area contributed by atoms with Crippen LogP contribution in [0.5, 0.6) is 5.75 Å². The number of rotatable bonds is 10. The van der Waals surface area contributed by atoms with Crippen molar-refractivity contribution in [3.8, 4) is 5.75 Å². The van der Waals surface area contributed by atoms with Gasteiger partial charge in [0.25, 0.3) is 0 Å². The first-order chi connectivity index (χ1) is 10.6. The van der Waals surface area contributed by atoms with Crippen molar-refractivity contribution in [2.75, 3.05) is 7.11 Å². The summed E-state index contributed by atoms with van der Waals surface area (Å²) >= 11 is 0. The predicted octanol–water partition coefficient (Wildman–Crippen LogP) is 4.57. The molecular formula is C19H30O3. The van der Waals surface area contributed by atoms with E-state index >= 15 is 0 Å². The van der Waals surface area contributed by atoms with Gasteiger partial charge in [-0.1, -0.05) is 51.7 Å². The van der Waals surface area contributed by atoms with Crippen molar-refractivity contribution in [1.82, 2.24) is 0 Å². The Morgan fingerprint density at radius 2 is 1.59 bits per heavy atom. The molecule has 0 radical (unpaired) electrons. The molecule has 0 aliphatic heterocycles. The van der Waals surface area contributed by atoms with Crippen molar-refractivity contribution in [3.63, 3.8) is 0 Å². The number of carbonyl (C=O) groups is 1. The van der Waals surface area contributed by atoms with Gasteiger partial charge >= 0.3 is 5.97 Å². The molecule has 1 N–H and O–H groups in total. The van der Waals surface area contributed by atoms with Gasteiger partial charge in [-0.25, -0.2) is 0 Å². The Kier molecular flexibility index (Phi) is 8.64. The highest BCUT2D eigenvalue weighted by Crippen LogP contribution is 2.28. The first kappa shape index (κ1) is 18.5. The third kappa shape index (κ3) is 6.08. The molecule has 0 heterocycles. The monoisotopic (exact) mass is 306 g/mol. The Morgan fingerprint density at radius 1 is 1.00 bits per heavy atom. The van der Waals surface area contributed by atoms with Crippen LogP contribution in [0.1, 0.15) is 69.1 Å². The third-order valence-corrected chi connectivity index (χ3v) is 4.01. The molecule has 0 saturated heterocycles. The van der Waals surface area contributed by atoms with Gasteiger partial charge in [0.05, 0.1) is 13.5 Å². The van der Waals surface area contributed by atoms with Gasteiger partial charge in [-0.15, -0.1) is 0 Å². The minimum atomic E-state index is -0.305. The summed E-state index contributed by atoms with van der Waals surface area (Å²) in [6.45, 7) is 4.36. The summed E-state index contributed by atoms with van der Waals surface area (Å²) < 4.78 is 4.74. The molecule has 1 rings (SSSR count). The lowest BCUT2D eigenvalue weighted by Crippen LogP contribution is -2.06. The van der Waals surface area contributed by atoms with E-state index in [4.69, 9.17) is 4.74 Å². The zero-order valence-corrected chi connectivity index (χ0v) is 14.3. The van der Waals surface area contributed by atoms with E-state index in [2.05, 4.69) is 19.9 Å². The normalized spacial score (nSPS) is 10.7. The number of aryl methyl sites for hydroxylation is 2. The molecule has 0 fully saturated rings. The zero-order chi connectivity index (χ0) is 16.4.